The van der Waals surface area contributed by atoms with Gasteiger partial charge in [0.15, 0.2) is 0 Å². The predicted molar refractivity (Wildman–Crippen MR) is 100 cm³/mol. The Hall–Kier alpha value is -2.04. The van der Waals surface area contributed by atoms with E-state index < -0.39 is 5.60 Å². The maximum atomic E-state index is 10.8. The van der Waals surface area contributed by atoms with Crippen LogP contribution in [0.5, 0.6) is 0 Å². The summed E-state index contributed by atoms with van der Waals surface area (Å²) in [5, 5.41) is 10.8. The topological polar surface area (TPSA) is 49.8 Å². The quantitative estimate of drug-likeness (QED) is 0.588. The van der Waals surface area contributed by atoms with Crippen molar-refractivity contribution in [1.29, 1.82) is 0 Å². The van der Waals surface area contributed by atoms with E-state index in [4.69, 9.17) is 8.83 Å². The fourth-order valence-corrected chi connectivity index (χ4v) is 3.02. The van der Waals surface area contributed by atoms with Crippen molar-refractivity contribution in [2.75, 3.05) is 6.54 Å². The standard InChI is InChI=1S/C21H29NO3/c1-5-12-21(23,13-6-2)20-11-10-19(25-20)16-22(14-7-3)15-18-9-8-17(4)24-18/h5-6,8-11,23H,1-2,7,12-16H2,3-4H3. The van der Waals surface area contributed by atoms with Crippen molar-refractivity contribution in [3.8, 4) is 0 Å². The molecule has 2 rings (SSSR count). The highest BCUT2D eigenvalue weighted by Gasteiger charge is 2.30. The van der Waals surface area contributed by atoms with Crippen molar-refractivity contribution in [3.05, 3.63) is 72.6 Å². The highest BCUT2D eigenvalue weighted by molar-refractivity contribution is 5.17. The highest BCUT2D eigenvalue weighted by atomic mass is 16.4. The summed E-state index contributed by atoms with van der Waals surface area (Å²) in [6, 6.07) is 7.78. The van der Waals surface area contributed by atoms with Crippen LogP contribution in [0.4, 0.5) is 0 Å². The Morgan fingerprint density at radius 2 is 1.64 bits per heavy atom. The van der Waals surface area contributed by atoms with Gasteiger partial charge in [0.2, 0.25) is 0 Å². The van der Waals surface area contributed by atoms with E-state index in [2.05, 4.69) is 25.0 Å². The van der Waals surface area contributed by atoms with Crippen LogP contribution in [0.1, 0.15) is 49.2 Å². The van der Waals surface area contributed by atoms with E-state index >= 15 is 0 Å². The van der Waals surface area contributed by atoms with Crippen LogP contribution in [0.25, 0.3) is 0 Å². The van der Waals surface area contributed by atoms with Gasteiger partial charge in [-0.25, -0.2) is 0 Å². The molecule has 1 N–H and O–H groups in total. The molecule has 0 aromatic carbocycles. The molecule has 0 aliphatic rings. The number of aliphatic hydroxyl groups is 1. The second kappa shape index (κ2) is 8.88. The number of nitrogens with zero attached hydrogens (tertiary/aromatic N) is 1. The Kier molecular flexibility index (Phi) is 6.85. The number of rotatable bonds is 11. The molecular formula is C21H29NO3. The summed E-state index contributed by atoms with van der Waals surface area (Å²) in [4.78, 5) is 2.28. The maximum Gasteiger partial charge on any atom is 0.136 e. The fourth-order valence-electron chi connectivity index (χ4n) is 3.02. The van der Waals surface area contributed by atoms with E-state index in [0.29, 0.717) is 25.1 Å². The molecule has 4 heteroatoms. The Morgan fingerprint density at radius 3 is 2.16 bits per heavy atom. The third-order valence-corrected chi connectivity index (χ3v) is 4.18. The molecule has 0 saturated heterocycles. The minimum Gasteiger partial charge on any atom is -0.465 e. The minimum atomic E-state index is -1.07. The molecule has 0 bridgehead atoms. The SMILES string of the molecule is C=CCC(O)(CC=C)c1ccc(CN(CCC)Cc2ccc(C)o2)o1. The first-order valence-corrected chi connectivity index (χ1v) is 8.81. The number of furan rings is 2. The van der Waals surface area contributed by atoms with Crippen molar-refractivity contribution >= 4 is 0 Å². The molecule has 136 valence electrons. The largest absolute Gasteiger partial charge is 0.465 e. The summed E-state index contributed by atoms with van der Waals surface area (Å²) < 4.78 is 11.6. The van der Waals surface area contributed by atoms with Gasteiger partial charge in [-0.1, -0.05) is 19.1 Å². The van der Waals surface area contributed by atoms with Crippen molar-refractivity contribution in [3.63, 3.8) is 0 Å². The lowest BCUT2D eigenvalue weighted by Crippen LogP contribution is -2.24. The Morgan fingerprint density at radius 1 is 1.04 bits per heavy atom. The summed E-state index contributed by atoms with van der Waals surface area (Å²) in [6.07, 6.45) is 5.30. The van der Waals surface area contributed by atoms with Gasteiger partial charge in [0.25, 0.3) is 0 Å². The molecule has 0 spiro atoms. The molecular weight excluding hydrogens is 314 g/mol. The Bertz CT molecular complexity index is 673. The molecule has 0 radical (unpaired) electrons. The van der Waals surface area contributed by atoms with Gasteiger partial charge in [0, 0.05) is 12.8 Å². The minimum absolute atomic E-state index is 0.427. The summed E-state index contributed by atoms with van der Waals surface area (Å²) in [5.74, 6) is 3.27. The van der Waals surface area contributed by atoms with Crippen molar-refractivity contribution in [2.45, 2.75) is 51.8 Å². The maximum absolute atomic E-state index is 10.8. The van der Waals surface area contributed by atoms with Gasteiger partial charge in [-0.3, -0.25) is 4.90 Å². The lowest BCUT2D eigenvalue weighted by molar-refractivity contribution is 0.0186. The Balaban J connectivity index is 2.10. The lowest BCUT2D eigenvalue weighted by Gasteiger charge is -2.23. The van der Waals surface area contributed by atoms with Crippen LogP contribution >= 0.6 is 0 Å². The Labute approximate surface area is 150 Å². The van der Waals surface area contributed by atoms with E-state index in [1.807, 2.05) is 31.2 Å². The van der Waals surface area contributed by atoms with Crippen LogP contribution in [-0.2, 0) is 18.7 Å². The summed E-state index contributed by atoms with van der Waals surface area (Å²) >= 11 is 0. The molecule has 0 fully saturated rings. The first kappa shape index (κ1) is 19.3. The van der Waals surface area contributed by atoms with Crippen LogP contribution < -0.4 is 0 Å². The second-order valence-corrected chi connectivity index (χ2v) is 6.51. The van der Waals surface area contributed by atoms with E-state index in [-0.39, 0.29) is 0 Å². The molecule has 2 aromatic rings. The fraction of sp³-hybridized carbons (Fsp3) is 0.429. The van der Waals surface area contributed by atoms with Crippen LogP contribution in [0.2, 0.25) is 0 Å². The number of hydrogen-bond acceptors (Lipinski definition) is 4. The first-order chi connectivity index (χ1) is 12.0. The van der Waals surface area contributed by atoms with Gasteiger partial charge in [-0.15, -0.1) is 13.2 Å². The van der Waals surface area contributed by atoms with E-state index in [1.54, 1.807) is 12.2 Å². The van der Waals surface area contributed by atoms with E-state index in [0.717, 1.165) is 36.8 Å². The van der Waals surface area contributed by atoms with Crippen LogP contribution in [-0.4, -0.2) is 16.6 Å². The first-order valence-electron chi connectivity index (χ1n) is 8.81. The second-order valence-electron chi connectivity index (χ2n) is 6.51. The van der Waals surface area contributed by atoms with Crippen molar-refractivity contribution < 1.29 is 13.9 Å². The number of hydrogen-bond donors (Lipinski definition) is 1. The van der Waals surface area contributed by atoms with Gasteiger partial charge >= 0.3 is 0 Å². The molecule has 0 atom stereocenters. The molecule has 0 amide bonds. The van der Waals surface area contributed by atoms with Crippen LogP contribution in [0.15, 0.2) is 58.4 Å². The molecule has 25 heavy (non-hydrogen) atoms. The molecule has 0 saturated carbocycles. The van der Waals surface area contributed by atoms with E-state index in [1.165, 1.54) is 0 Å². The van der Waals surface area contributed by atoms with Gasteiger partial charge < -0.3 is 13.9 Å². The normalized spacial score (nSPS) is 11.8. The molecule has 0 unspecified atom stereocenters. The van der Waals surface area contributed by atoms with Gasteiger partial charge in [0.05, 0.1) is 13.1 Å². The highest BCUT2D eigenvalue weighted by Crippen LogP contribution is 2.31. The van der Waals surface area contributed by atoms with Crippen LogP contribution in [0.3, 0.4) is 0 Å². The zero-order valence-corrected chi connectivity index (χ0v) is 15.3. The third kappa shape index (κ3) is 5.21. The zero-order valence-electron chi connectivity index (χ0n) is 15.3. The average Bonchev–Trinajstić information content (AvgIpc) is 3.18. The van der Waals surface area contributed by atoms with Gasteiger partial charge in [-0.2, -0.15) is 0 Å². The third-order valence-electron chi connectivity index (χ3n) is 4.18. The molecule has 2 aromatic heterocycles. The lowest BCUT2D eigenvalue weighted by atomic mass is 9.93. The van der Waals surface area contributed by atoms with Crippen molar-refractivity contribution in [2.24, 2.45) is 0 Å². The smallest absolute Gasteiger partial charge is 0.136 e. The average molecular weight is 343 g/mol. The molecule has 2 heterocycles. The van der Waals surface area contributed by atoms with Gasteiger partial charge in [-0.05, 0) is 44.2 Å². The molecule has 0 aliphatic heterocycles. The zero-order chi connectivity index (χ0) is 18.3. The summed E-state index contributed by atoms with van der Waals surface area (Å²) in [7, 11) is 0. The number of aryl methyl sites for hydroxylation is 1. The van der Waals surface area contributed by atoms with Crippen LogP contribution in [0, 0.1) is 6.92 Å². The monoisotopic (exact) mass is 343 g/mol. The van der Waals surface area contributed by atoms with Gasteiger partial charge in [0.1, 0.15) is 28.6 Å². The summed E-state index contributed by atoms with van der Waals surface area (Å²) in [6.45, 7) is 13.9. The van der Waals surface area contributed by atoms with Crippen molar-refractivity contribution in [1.82, 2.24) is 4.90 Å². The predicted octanol–water partition coefficient (Wildman–Crippen LogP) is 4.93. The summed E-state index contributed by atoms with van der Waals surface area (Å²) in [5.41, 5.74) is -1.07. The van der Waals surface area contributed by atoms with E-state index in [9.17, 15) is 5.11 Å². The molecule has 4 nitrogen and oxygen atoms in total. The molecule has 0 aliphatic carbocycles.